The van der Waals surface area contributed by atoms with Gasteiger partial charge >= 0.3 is 0 Å². The summed E-state index contributed by atoms with van der Waals surface area (Å²) in [5, 5.41) is 0. The lowest BCUT2D eigenvalue weighted by atomic mass is 10.1. The van der Waals surface area contributed by atoms with Crippen molar-refractivity contribution in [1.29, 1.82) is 0 Å². The minimum atomic E-state index is -0.416. The van der Waals surface area contributed by atoms with E-state index in [1.54, 1.807) is 23.2 Å². The predicted octanol–water partition coefficient (Wildman–Crippen LogP) is 4.11. The Bertz CT molecular complexity index is 987. The molecule has 2 heterocycles. The first kappa shape index (κ1) is 17.9. The maximum Gasteiger partial charge on any atom is 0.225 e. The number of ether oxygens (including phenoxy) is 1. The second-order valence-electron chi connectivity index (χ2n) is 5.85. The highest BCUT2D eigenvalue weighted by Gasteiger charge is 2.27. The van der Waals surface area contributed by atoms with Gasteiger partial charge in [-0.05, 0) is 18.2 Å². The lowest BCUT2D eigenvalue weighted by molar-refractivity contribution is -0.116. The van der Waals surface area contributed by atoms with Gasteiger partial charge in [-0.2, -0.15) is 0 Å². The van der Waals surface area contributed by atoms with Crippen molar-refractivity contribution in [2.45, 2.75) is 13.6 Å². The second kappa shape index (κ2) is 6.80. The first-order valence-corrected chi connectivity index (χ1v) is 7.87. The SMILES string of the molecule is COc1ccc(-c2ncc3n2CN(C(C)=O)c2ccccc2-3)c(F)c1.Cl. The van der Waals surface area contributed by atoms with Crippen LogP contribution in [0.5, 0.6) is 5.75 Å². The van der Waals surface area contributed by atoms with E-state index in [1.165, 1.54) is 20.1 Å². The van der Waals surface area contributed by atoms with E-state index < -0.39 is 5.82 Å². The summed E-state index contributed by atoms with van der Waals surface area (Å²) in [7, 11) is 1.49. The number of fused-ring (bicyclic) bond motifs is 3. The third-order valence-corrected chi connectivity index (χ3v) is 4.41. The number of amides is 1. The van der Waals surface area contributed by atoms with E-state index in [0.29, 0.717) is 23.8 Å². The van der Waals surface area contributed by atoms with Crippen LogP contribution < -0.4 is 9.64 Å². The summed E-state index contributed by atoms with van der Waals surface area (Å²) in [5.41, 5.74) is 2.97. The first-order valence-electron chi connectivity index (χ1n) is 7.87. The minimum absolute atomic E-state index is 0. The molecular formula is C19H17ClFN3O2. The molecule has 0 radical (unpaired) electrons. The normalized spacial score (nSPS) is 12.0. The fourth-order valence-electron chi connectivity index (χ4n) is 3.17. The number of hydrogen-bond donors (Lipinski definition) is 0. The van der Waals surface area contributed by atoms with Crippen molar-refractivity contribution in [2.75, 3.05) is 12.0 Å². The lowest BCUT2D eigenvalue weighted by Gasteiger charge is -2.30. The van der Waals surface area contributed by atoms with Crippen molar-refractivity contribution < 1.29 is 13.9 Å². The van der Waals surface area contributed by atoms with Crippen LogP contribution >= 0.6 is 12.4 Å². The largest absolute Gasteiger partial charge is 0.497 e. The van der Waals surface area contributed by atoms with Gasteiger partial charge in [0.1, 0.15) is 24.1 Å². The molecule has 5 nitrogen and oxygen atoms in total. The van der Waals surface area contributed by atoms with Gasteiger partial charge in [-0.1, -0.05) is 18.2 Å². The van der Waals surface area contributed by atoms with Gasteiger partial charge in [-0.25, -0.2) is 9.37 Å². The van der Waals surface area contributed by atoms with Crippen LogP contribution in [0.25, 0.3) is 22.6 Å². The van der Waals surface area contributed by atoms with Gasteiger partial charge in [0.05, 0.1) is 30.3 Å². The number of methoxy groups -OCH3 is 1. The topological polar surface area (TPSA) is 47.4 Å². The van der Waals surface area contributed by atoms with Gasteiger partial charge < -0.3 is 9.30 Å². The molecular weight excluding hydrogens is 357 g/mol. The van der Waals surface area contributed by atoms with Crippen LogP contribution in [-0.4, -0.2) is 22.6 Å². The third-order valence-electron chi connectivity index (χ3n) is 4.41. The Kier molecular flexibility index (Phi) is 4.70. The Morgan fingerprint density at radius 1 is 1.19 bits per heavy atom. The number of hydrogen-bond acceptors (Lipinski definition) is 3. The molecule has 0 aliphatic carbocycles. The molecule has 7 heteroatoms. The highest BCUT2D eigenvalue weighted by molar-refractivity contribution is 5.97. The van der Waals surface area contributed by atoms with Crippen molar-refractivity contribution in [3.05, 3.63) is 54.5 Å². The molecule has 1 amide bonds. The van der Waals surface area contributed by atoms with Gasteiger partial charge in [0, 0.05) is 18.6 Å². The van der Waals surface area contributed by atoms with Crippen molar-refractivity contribution >= 4 is 24.0 Å². The second-order valence-corrected chi connectivity index (χ2v) is 5.85. The van der Waals surface area contributed by atoms with E-state index in [1.807, 2.05) is 28.8 Å². The number of carbonyl (C=O) groups is 1. The number of benzene rings is 2. The highest BCUT2D eigenvalue weighted by Crippen LogP contribution is 2.38. The predicted molar refractivity (Wildman–Crippen MR) is 100 cm³/mol. The number of anilines is 1. The molecule has 4 rings (SSSR count). The molecule has 1 aliphatic heterocycles. The summed E-state index contributed by atoms with van der Waals surface area (Å²) in [6.07, 6.45) is 1.72. The molecule has 0 spiro atoms. The zero-order valence-electron chi connectivity index (χ0n) is 14.3. The quantitative estimate of drug-likeness (QED) is 0.679. The zero-order chi connectivity index (χ0) is 17.6. The summed E-state index contributed by atoms with van der Waals surface area (Å²) in [6, 6.07) is 12.3. The molecule has 134 valence electrons. The van der Waals surface area contributed by atoms with Gasteiger partial charge in [-0.3, -0.25) is 9.69 Å². The molecule has 2 aromatic carbocycles. The molecule has 1 aliphatic rings. The zero-order valence-corrected chi connectivity index (χ0v) is 15.1. The summed E-state index contributed by atoms with van der Waals surface area (Å²) >= 11 is 0. The average molecular weight is 374 g/mol. The monoisotopic (exact) mass is 373 g/mol. The van der Waals surface area contributed by atoms with E-state index in [2.05, 4.69) is 4.98 Å². The van der Waals surface area contributed by atoms with Crippen LogP contribution in [-0.2, 0) is 11.5 Å². The Morgan fingerprint density at radius 2 is 1.96 bits per heavy atom. The maximum atomic E-state index is 14.5. The molecule has 26 heavy (non-hydrogen) atoms. The van der Waals surface area contributed by atoms with Crippen LogP contribution in [0.3, 0.4) is 0 Å². The third kappa shape index (κ3) is 2.72. The van der Waals surface area contributed by atoms with Crippen LogP contribution in [0.4, 0.5) is 10.1 Å². The summed E-state index contributed by atoms with van der Waals surface area (Å²) in [5.74, 6) is 0.437. The van der Waals surface area contributed by atoms with Crippen molar-refractivity contribution in [3.63, 3.8) is 0 Å². The molecule has 0 atom stereocenters. The smallest absolute Gasteiger partial charge is 0.225 e. The highest BCUT2D eigenvalue weighted by atomic mass is 35.5. The molecule has 0 saturated carbocycles. The Morgan fingerprint density at radius 3 is 2.65 bits per heavy atom. The van der Waals surface area contributed by atoms with E-state index in [-0.39, 0.29) is 18.3 Å². The first-order chi connectivity index (χ1) is 12.1. The molecule has 0 bridgehead atoms. The Hall–Kier alpha value is -2.86. The number of carbonyl (C=O) groups excluding carboxylic acids is 1. The molecule has 0 fully saturated rings. The van der Waals surface area contributed by atoms with Crippen molar-refractivity contribution in [3.8, 4) is 28.4 Å². The standard InChI is InChI=1S/C19H16FN3O2.ClH/c1-12(24)22-11-23-18(15-5-3-4-6-17(15)22)10-21-19(23)14-8-7-13(25-2)9-16(14)20;/h3-10H,11H2,1-2H3;1H. The summed E-state index contributed by atoms with van der Waals surface area (Å²) in [6.45, 7) is 1.81. The van der Waals surface area contributed by atoms with Crippen LogP contribution in [0, 0.1) is 5.82 Å². The summed E-state index contributed by atoms with van der Waals surface area (Å²) in [4.78, 5) is 18.2. The number of imidazole rings is 1. The maximum absolute atomic E-state index is 14.5. The minimum Gasteiger partial charge on any atom is -0.497 e. The van der Waals surface area contributed by atoms with E-state index >= 15 is 0 Å². The molecule has 3 aromatic rings. The number of rotatable bonds is 2. The van der Waals surface area contributed by atoms with Gasteiger partial charge in [0.2, 0.25) is 5.91 Å². The van der Waals surface area contributed by atoms with Crippen LogP contribution in [0.2, 0.25) is 0 Å². The van der Waals surface area contributed by atoms with E-state index in [4.69, 9.17) is 4.74 Å². The average Bonchev–Trinajstić information content (AvgIpc) is 3.04. The number of aromatic nitrogens is 2. The van der Waals surface area contributed by atoms with Crippen molar-refractivity contribution in [2.24, 2.45) is 0 Å². The molecule has 0 unspecified atom stereocenters. The number of nitrogens with zero attached hydrogens (tertiary/aromatic N) is 3. The van der Waals surface area contributed by atoms with Crippen molar-refractivity contribution in [1.82, 2.24) is 9.55 Å². The van der Waals surface area contributed by atoms with Gasteiger partial charge in [-0.15, -0.1) is 12.4 Å². The van der Waals surface area contributed by atoms with E-state index in [0.717, 1.165) is 16.9 Å². The Balaban J connectivity index is 0.00000196. The summed E-state index contributed by atoms with van der Waals surface area (Å²) < 4.78 is 21.4. The van der Waals surface area contributed by atoms with Crippen LogP contribution in [0.1, 0.15) is 6.92 Å². The molecule has 0 N–H and O–H groups in total. The van der Waals surface area contributed by atoms with E-state index in [9.17, 15) is 9.18 Å². The number of para-hydroxylation sites is 1. The fraction of sp³-hybridized carbons (Fsp3) is 0.158. The molecule has 1 aromatic heterocycles. The number of halogens is 2. The van der Waals surface area contributed by atoms with Crippen LogP contribution in [0.15, 0.2) is 48.7 Å². The van der Waals surface area contributed by atoms with Gasteiger partial charge in [0.25, 0.3) is 0 Å². The van der Waals surface area contributed by atoms with Gasteiger partial charge in [0.15, 0.2) is 0 Å². The Labute approximate surface area is 156 Å². The fourth-order valence-corrected chi connectivity index (χ4v) is 3.17. The lowest BCUT2D eigenvalue weighted by Crippen LogP contribution is -2.34. The molecule has 0 saturated heterocycles.